The Morgan fingerprint density at radius 1 is 1.31 bits per heavy atom. The first-order valence-electron chi connectivity index (χ1n) is 6.74. The summed E-state index contributed by atoms with van der Waals surface area (Å²) in [4.78, 5) is 0. The normalized spacial score (nSPS) is 21.1. The van der Waals surface area contributed by atoms with Crippen LogP contribution in [0.2, 0.25) is 0 Å². The van der Waals surface area contributed by atoms with Gasteiger partial charge >= 0.3 is 0 Å². The van der Waals surface area contributed by atoms with E-state index in [4.69, 9.17) is 0 Å². The highest BCUT2D eigenvalue weighted by molar-refractivity contribution is 4.98. The van der Waals surface area contributed by atoms with Gasteiger partial charge in [0.1, 0.15) is 0 Å². The summed E-state index contributed by atoms with van der Waals surface area (Å²) in [5.41, 5.74) is 1.54. The van der Waals surface area contributed by atoms with Gasteiger partial charge in [0.25, 0.3) is 0 Å². The Morgan fingerprint density at radius 3 is 2.25 bits per heavy atom. The van der Waals surface area contributed by atoms with Crippen molar-refractivity contribution in [1.29, 1.82) is 0 Å². The summed E-state index contributed by atoms with van der Waals surface area (Å²) in [5, 5.41) is 3.59. The van der Waals surface area contributed by atoms with Crippen LogP contribution in [0, 0.1) is 17.3 Å². The van der Waals surface area contributed by atoms with Crippen LogP contribution in [0.5, 0.6) is 0 Å². The van der Waals surface area contributed by atoms with E-state index in [9.17, 15) is 0 Å². The van der Waals surface area contributed by atoms with Crippen LogP contribution in [0.4, 0.5) is 0 Å². The van der Waals surface area contributed by atoms with Crippen LogP contribution in [0.25, 0.3) is 0 Å². The lowest BCUT2D eigenvalue weighted by Crippen LogP contribution is -2.38. The molecule has 2 unspecified atom stereocenters. The molecular formula is C15H29N. The minimum absolute atomic E-state index is 0.337. The van der Waals surface area contributed by atoms with Crippen LogP contribution >= 0.6 is 0 Å². The first kappa shape index (κ1) is 13.6. The van der Waals surface area contributed by atoms with Crippen LogP contribution in [0.15, 0.2) is 12.3 Å². The molecule has 1 fully saturated rings. The number of allylic oxidation sites excluding steroid dienone is 1. The molecule has 0 aromatic heterocycles. The summed E-state index contributed by atoms with van der Waals surface area (Å²) in [7, 11) is 0. The van der Waals surface area contributed by atoms with Gasteiger partial charge in [0.05, 0.1) is 0 Å². The molecule has 1 rings (SSSR count). The lowest BCUT2D eigenvalue weighted by atomic mass is 9.74. The van der Waals surface area contributed by atoms with E-state index in [1.54, 1.807) is 0 Å². The van der Waals surface area contributed by atoms with Crippen LogP contribution in [-0.4, -0.2) is 6.04 Å². The molecular weight excluding hydrogens is 194 g/mol. The van der Waals surface area contributed by atoms with E-state index in [2.05, 4.69) is 46.5 Å². The van der Waals surface area contributed by atoms with Crippen molar-refractivity contribution in [2.75, 3.05) is 0 Å². The monoisotopic (exact) mass is 223 g/mol. The summed E-state index contributed by atoms with van der Waals surface area (Å²) in [6.07, 6.45) is 5.36. The van der Waals surface area contributed by atoms with Gasteiger partial charge in [0.15, 0.2) is 0 Å². The van der Waals surface area contributed by atoms with Crippen molar-refractivity contribution in [3.05, 3.63) is 12.3 Å². The van der Waals surface area contributed by atoms with Crippen LogP contribution in [-0.2, 0) is 0 Å². The Hall–Kier alpha value is -0.460. The topological polar surface area (TPSA) is 12.0 Å². The maximum Gasteiger partial charge on any atom is 0.0258 e. The number of hydrogen-bond donors (Lipinski definition) is 1. The fourth-order valence-corrected chi connectivity index (χ4v) is 2.52. The van der Waals surface area contributed by atoms with Crippen molar-refractivity contribution in [2.24, 2.45) is 17.3 Å². The third-order valence-corrected chi connectivity index (χ3v) is 3.86. The second-order valence-electron chi connectivity index (χ2n) is 6.82. The third-order valence-electron chi connectivity index (χ3n) is 3.86. The maximum absolute atomic E-state index is 4.15. The first-order chi connectivity index (χ1) is 7.29. The third kappa shape index (κ3) is 4.19. The van der Waals surface area contributed by atoms with Gasteiger partial charge in [-0.25, -0.2) is 0 Å². The highest BCUT2D eigenvalue weighted by Gasteiger charge is 2.28. The van der Waals surface area contributed by atoms with E-state index in [1.807, 2.05) is 0 Å². The summed E-state index contributed by atoms with van der Waals surface area (Å²) >= 11 is 0. The molecule has 0 aliphatic heterocycles. The van der Waals surface area contributed by atoms with Gasteiger partial charge in [-0.05, 0) is 30.6 Å². The fraction of sp³-hybridized carbons (Fsp3) is 0.867. The number of hydrogen-bond acceptors (Lipinski definition) is 1. The van der Waals surface area contributed by atoms with Crippen molar-refractivity contribution in [1.82, 2.24) is 5.32 Å². The Balaban J connectivity index is 2.32. The van der Waals surface area contributed by atoms with Crippen molar-refractivity contribution >= 4 is 0 Å². The molecule has 1 heteroatoms. The largest absolute Gasteiger partial charge is 0.386 e. The van der Waals surface area contributed by atoms with Gasteiger partial charge < -0.3 is 5.32 Å². The zero-order chi connectivity index (χ0) is 12.3. The molecule has 1 nitrogen and oxygen atoms in total. The molecule has 94 valence electrons. The Kier molecular flexibility index (Phi) is 4.46. The minimum atomic E-state index is 0.337. The first-order valence-corrected chi connectivity index (χ1v) is 6.74. The number of nitrogens with one attached hydrogen (secondary N) is 1. The predicted molar refractivity (Wildman–Crippen MR) is 72.3 cm³/mol. The van der Waals surface area contributed by atoms with Gasteiger partial charge in [-0.2, -0.15) is 0 Å². The highest BCUT2D eigenvalue weighted by Crippen LogP contribution is 2.35. The fourth-order valence-electron chi connectivity index (χ4n) is 2.52. The average molecular weight is 223 g/mol. The van der Waals surface area contributed by atoms with Gasteiger partial charge in [-0.3, -0.25) is 0 Å². The van der Waals surface area contributed by atoms with Crippen LogP contribution < -0.4 is 5.32 Å². The molecule has 0 radical (unpaired) electrons. The summed E-state index contributed by atoms with van der Waals surface area (Å²) in [6.45, 7) is 15.6. The molecule has 0 spiro atoms. The summed E-state index contributed by atoms with van der Waals surface area (Å²) in [5.74, 6) is 1.73. The zero-order valence-corrected chi connectivity index (χ0v) is 11.8. The SMILES string of the molecule is C=C(CC(C)(C)C)NC(C)C(C)C1CCC1. The van der Waals surface area contributed by atoms with E-state index in [0.717, 1.165) is 18.3 Å². The smallest absolute Gasteiger partial charge is 0.0258 e. The highest BCUT2D eigenvalue weighted by atomic mass is 14.9. The van der Waals surface area contributed by atoms with Gasteiger partial charge in [-0.1, -0.05) is 53.5 Å². The van der Waals surface area contributed by atoms with Gasteiger partial charge in [0.2, 0.25) is 0 Å². The lowest BCUT2D eigenvalue weighted by Gasteiger charge is -2.36. The molecule has 0 saturated heterocycles. The van der Waals surface area contributed by atoms with Crippen LogP contribution in [0.3, 0.4) is 0 Å². The number of rotatable bonds is 5. The standard InChI is InChI=1S/C15H29N/c1-11(10-15(4,5)6)16-13(3)12(2)14-8-7-9-14/h12-14,16H,1,7-10H2,2-6H3. The van der Waals surface area contributed by atoms with Crippen molar-refractivity contribution < 1.29 is 0 Å². The molecule has 16 heavy (non-hydrogen) atoms. The molecule has 0 aromatic carbocycles. The summed E-state index contributed by atoms with van der Waals surface area (Å²) in [6, 6.07) is 0.570. The minimum Gasteiger partial charge on any atom is -0.386 e. The average Bonchev–Trinajstić information content (AvgIpc) is 1.96. The van der Waals surface area contributed by atoms with E-state index >= 15 is 0 Å². The van der Waals surface area contributed by atoms with Gasteiger partial charge in [0, 0.05) is 11.7 Å². The maximum atomic E-state index is 4.15. The molecule has 0 aromatic rings. The second-order valence-corrected chi connectivity index (χ2v) is 6.82. The van der Waals surface area contributed by atoms with Crippen molar-refractivity contribution in [3.8, 4) is 0 Å². The molecule has 0 amide bonds. The van der Waals surface area contributed by atoms with Crippen LogP contribution in [0.1, 0.15) is 60.3 Å². The molecule has 1 aliphatic rings. The second kappa shape index (κ2) is 5.25. The Bertz CT molecular complexity index is 232. The van der Waals surface area contributed by atoms with E-state index < -0.39 is 0 Å². The Labute approximate surface area is 102 Å². The van der Waals surface area contributed by atoms with E-state index in [-0.39, 0.29) is 0 Å². The predicted octanol–water partition coefficient (Wildman–Crippen LogP) is 4.35. The molecule has 1 N–H and O–H groups in total. The van der Waals surface area contributed by atoms with Crippen molar-refractivity contribution in [2.45, 2.75) is 66.3 Å². The molecule has 0 heterocycles. The molecule has 0 bridgehead atoms. The Morgan fingerprint density at radius 2 is 1.88 bits per heavy atom. The van der Waals surface area contributed by atoms with Gasteiger partial charge in [-0.15, -0.1) is 0 Å². The van der Waals surface area contributed by atoms with E-state index in [0.29, 0.717) is 11.5 Å². The van der Waals surface area contributed by atoms with E-state index in [1.165, 1.54) is 25.0 Å². The molecule has 2 atom stereocenters. The summed E-state index contributed by atoms with van der Waals surface area (Å²) < 4.78 is 0. The zero-order valence-electron chi connectivity index (χ0n) is 11.8. The lowest BCUT2D eigenvalue weighted by molar-refractivity contribution is 0.185. The quantitative estimate of drug-likeness (QED) is 0.730. The molecule has 1 saturated carbocycles. The van der Waals surface area contributed by atoms with Crippen molar-refractivity contribution in [3.63, 3.8) is 0 Å². The molecule has 1 aliphatic carbocycles.